The normalized spacial score (nSPS) is 14.6. The summed E-state index contributed by atoms with van der Waals surface area (Å²) in [4.78, 5) is 18.2. The molecular formula is C28H61NO7PS+. The molecule has 0 fully saturated rings. The number of unbranched alkanes of at least 4 members (excludes halogenated alkanes) is 15. The number of quaternary nitrogens is 1. The molecule has 0 aromatic heterocycles. The van der Waals surface area contributed by atoms with Gasteiger partial charge in [0.1, 0.15) is 12.6 Å². The molecular weight excluding hydrogens is 525 g/mol. The number of rotatable bonds is 27. The lowest BCUT2D eigenvalue weighted by atomic mass is 10.0. The van der Waals surface area contributed by atoms with Crippen molar-refractivity contribution < 1.29 is 36.5 Å². The van der Waals surface area contributed by atoms with E-state index in [2.05, 4.69) is 6.92 Å². The molecule has 0 bridgehead atoms. The fourth-order valence-corrected chi connectivity index (χ4v) is 7.04. The monoisotopic (exact) mass is 586 g/mol. The highest BCUT2D eigenvalue weighted by molar-refractivity contribution is 7.91. The van der Waals surface area contributed by atoms with Crippen molar-refractivity contribution in [1.82, 2.24) is 0 Å². The number of methoxy groups -OCH3 is 1. The van der Waals surface area contributed by atoms with E-state index in [9.17, 15) is 13.0 Å². The fraction of sp³-hybridized carbons (Fsp3) is 1.00. The van der Waals surface area contributed by atoms with Gasteiger partial charge in [0, 0.05) is 19.4 Å². The predicted octanol–water partition coefficient (Wildman–Crippen LogP) is 6.50. The van der Waals surface area contributed by atoms with Gasteiger partial charge in [-0.2, -0.15) is 0 Å². The van der Waals surface area contributed by atoms with Gasteiger partial charge in [0.05, 0.1) is 39.3 Å². The molecule has 0 spiro atoms. The summed E-state index contributed by atoms with van der Waals surface area (Å²) in [6.45, 7) is 2.40. The molecule has 0 aliphatic rings. The average molecular weight is 587 g/mol. The lowest BCUT2D eigenvalue weighted by Gasteiger charge is -2.36. The molecule has 0 aliphatic heterocycles. The van der Waals surface area contributed by atoms with Crippen LogP contribution in [-0.4, -0.2) is 81.7 Å². The van der Waals surface area contributed by atoms with Crippen LogP contribution >= 0.6 is 7.82 Å². The molecule has 10 heteroatoms. The molecule has 0 saturated heterocycles. The van der Waals surface area contributed by atoms with Gasteiger partial charge in [-0.05, 0) is 6.42 Å². The van der Waals surface area contributed by atoms with Gasteiger partial charge in [-0.1, -0.05) is 103 Å². The fourth-order valence-electron chi connectivity index (χ4n) is 4.91. The number of ether oxygens (including phenoxy) is 1. The Bertz CT molecular complexity index is 706. The van der Waals surface area contributed by atoms with Crippen LogP contribution in [0.25, 0.3) is 0 Å². The summed E-state index contributed by atoms with van der Waals surface area (Å²) < 4.78 is 47.2. The molecule has 0 saturated carbocycles. The number of nitrogens with zero attached hydrogens (tertiary/aromatic N) is 1. The molecule has 2 atom stereocenters. The quantitative estimate of drug-likeness (QED) is 0.0642. The second-order valence-electron chi connectivity index (χ2n) is 12.0. The molecule has 0 aromatic rings. The zero-order chi connectivity index (χ0) is 28.9. The third kappa shape index (κ3) is 23.8. The van der Waals surface area contributed by atoms with Crippen molar-refractivity contribution in [2.75, 3.05) is 53.0 Å². The van der Waals surface area contributed by atoms with E-state index in [1.807, 2.05) is 21.1 Å². The van der Waals surface area contributed by atoms with Crippen LogP contribution in [0.4, 0.5) is 0 Å². The van der Waals surface area contributed by atoms with E-state index in [1.165, 1.54) is 83.5 Å². The van der Waals surface area contributed by atoms with Crippen LogP contribution in [0.2, 0.25) is 0 Å². The highest BCUT2D eigenvalue weighted by Gasteiger charge is 2.32. The van der Waals surface area contributed by atoms with Gasteiger partial charge < -0.3 is 19.0 Å². The van der Waals surface area contributed by atoms with Crippen molar-refractivity contribution in [2.24, 2.45) is 5.92 Å². The highest BCUT2D eigenvalue weighted by Crippen LogP contribution is 2.36. The molecule has 0 heterocycles. The smallest absolute Gasteiger partial charge is 0.384 e. The summed E-state index contributed by atoms with van der Waals surface area (Å²) >= 11 is 0. The Morgan fingerprint density at radius 3 is 1.53 bits per heavy atom. The zero-order valence-electron chi connectivity index (χ0n) is 25.2. The lowest BCUT2D eigenvalue weighted by Crippen LogP contribution is -2.49. The van der Waals surface area contributed by atoms with Crippen molar-refractivity contribution in [3.63, 3.8) is 0 Å². The number of likely N-dealkylation sites (N-methyl/N-ethyl adjacent to an activating group) is 1. The second-order valence-corrected chi connectivity index (χ2v) is 15.5. The van der Waals surface area contributed by atoms with E-state index in [1.54, 1.807) is 7.11 Å². The highest BCUT2D eigenvalue weighted by atomic mass is 32.2. The number of phosphoric ester groups is 1. The summed E-state index contributed by atoms with van der Waals surface area (Å²) in [5, 5.41) is 0. The van der Waals surface area contributed by atoms with E-state index < -0.39 is 17.7 Å². The maximum absolute atomic E-state index is 12.8. The molecule has 230 valence electrons. The third-order valence-corrected chi connectivity index (χ3v) is 9.71. The Morgan fingerprint density at radius 1 is 0.737 bits per heavy atom. The Balaban J connectivity index is 4.12. The van der Waals surface area contributed by atoms with Gasteiger partial charge in [-0.15, -0.1) is 0 Å². The average Bonchev–Trinajstić information content (AvgIpc) is 2.80. The van der Waals surface area contributed by atoms with Gasteiger partial charge in [0.15, 0.2) is 9.84 Å². The van der Waals surface area contributed by atoms with Gasteiger partial charge in [-0.3, -0.25) is 4.52 Å². The molecule has 0 radical (unpaired) electrons. The summed E-state index contributed by atoms with van der Waals surface area (Å²) in [5.74, 6) is -0.0557. The maximum Gasteiger partial charge on any atom is 0.469 e. The number of phosphoric acid groups is 1. The zero-order valence-corrected chi connectivity index (χ0v) is 27.0. The molecule has 0 amide bonds. The number of hydrogen-bond donors (Lipinski definition) is 2. The molecule has 0 aliphatic carbocycles. The van der Waals surface area contributed by atoms with Crippen molar-refractivity contribution in [1.29, 1.82) is 0 Å². The first-order valence-electron chi connectivity index (χ1n) is 15.0. The first kappa shape index (κ1) is 38.0. The van der Waals surface area contributed by atoms with E-state index in [-0.39, 0.29) is 36.7 Å². The van der Waals surface area contributed by atoms with Crippen LogP contribution in [0, 0.1) is 5.92 Å². The summed E-state index contributed by atoms with van der Waals surface area (Å²) in [7, 11) is -0.568. The molecule has 2 N–H and O–H groups in total. The Labute approximate surface area is 235 Å². The minimum absolute atomic E-state index is 0.0198. The van der Waals surface area contributed by atoms with Crippen LogP contribution < -0.4 is 0 Å². The first-order chi connectivity index (χ1) is 17.8. The molecule has 38 heavy (non-hydrogen) atoms. The van der Waals surface area contributed by atoms with Gasteiger partial charge in [0.25, 0.3) is 0 Å². The van der Waals surface area contributed by atoms with Gasteiger partial charge in [0.2, 0.25) is 0 Å². The Kier molecular flexibility index (Phi) is 21.7. The Morgan fingerprint density at radius 2 is 1.16 bits per heavy atom. The predicted molar refractivity (Wildman–Crippen MR) is 158 cm³/mol. The van der Waals surface area contributed by atoms with Gasteiger partial charge in [-0.25, -0.2) is 13.0 Å². The van der Waals surface area contributed by atoms with E-state index >= 15 is 0 Å². The van der Waals surface area contributed by atoms with Crippen LogP contribution in [0.5, 0.6) is 0 Å². The summed E-state index contributed by atoms with van der Waals surface area (Å²) in [5.41, 5.74) is 0. The minimum Gasteiger partial charge on any atom is -0.384 e. The summed E-state index contributed by atoms with van der Waals surface area (Å²) in [6.07, 6.45) is 20.5. The van der Waals surface area contributed by atoms with Crippen molar-refractivity contribution in [3.05, 3.63) is 0 Å². The topological polar surface area (TPSA) is 110 Å². The van der Waals surface area contributed by atoms with Crippen LogP contribution in [0.1, 0.15) is 116 Å². The third-order valence-electron chi connectivity index (χ3n) is 7.34. The summed E-state index contributed by atoms with van der Waals surface area (Å²) in [6, 6.07) is -0.270. The van der Waals surface area contributed by atoms with Crippen molar-refractivity contribution >= 4 is 17.7 Å². The lowest BCUT2D eigenvalue weighted by molar-refractivity contribution is -0.897. The van der Waals surface area contributed by atoms with Crippen molar-refractivity contribution in [2.45, 2.75) is 122 Å². The van der Waals surface area contributed by atoms with Crippen LogP contribution in [0.15, 0.2) is 0 Å². The molecule has 8 nitrogen and oxygen atoms in total. The number of hydrogen-bond acceptors (Lipinski definition) is 5. The van der Waals surface area contributed by atoms with Gasteiger partial charge >= 0.3 is 7.82 Å². The molecule has 2 unspecified atom stereocenters. The SMILES string of the molecule is CCCCCCCCCCCCCCCCCCS(=O)(=O)CC(COC)CC(COP(=O)(O)O)[N+](C)(C)C. The van der Waals surface area contributed by atoms with E-state index in [0.717, 1.165) is 12.8 Å². The maximum atomic E-state index is 12.8. The molecule has 0 aromatic carbocycles. The Hall–Kier alpha value is -0.0200. The number of sulfone groups is 1. The largest absolute Gasteiger partial charge is 0.469 e. The van der Waals surface area contributed by atoms with E-state index in [0.29, 0.717) is 17.3 Å². The van der Waals surface area contributed by atoms with Crippen LogP contribution in [0.3, 0.4) is 0 Å². The minimum atomic E-state index is -4.59. The first-order valence-corrected chi connectivity index (χ1v) is 18.4. The molecule has 0 rings (SSSR count). The standard InChI is InChI=1S/C28H60NO7PS/c1-6-7-8-9-10-11-12-13-14-15-16-17-18-19-20-21-22-38(33,34)26-27(24-35-5)23-28(29(2,3)4)25-36-37(30,31)32/h27-28H,6-26H2,1-5H3,(H-,30,31,32)/p+1. The van der Waals surface area contributed by atoms with E-state index in [4.69, 9.17) is 19.0 Å². The van der Waals surface area contributed by atoms with Crippen LogP contribution in [-0.2, 0) is 23.7 Å². The van der Waals surface area contributed by atoms with Crippen molar-refractivity contribution in [3.8, 4) is 0 Å². The second kappa shape index (κ2) is 21.7.